The molecule has 0 atom stereocenters. The zero-order chi connectivity index (χ0) is 12.6. The average Bonchev–Trinajstić information content (AvgIpc) is 2.84. The zero-order valence-corrected chi connectivity index (χ0v) is 10.8. The summed E-state index contributed by atoms with van der Waals surface area (Å²) >= 11 is 1.57. The van der Waals surface area contributed by atoms with Crippen LogP contribution in [0.2, 0.25) is 0 Å². The summed E-state index contributed by atoms with van der Waals surface area (Å²) in [7, 11) is 0. The molecule has 18 heavy (non-hydrogen) atoms. The summed E-state index contributed by atoms with van der Waals surface area (Å²) in [5.74, 6) is 0. The number of nitrogens with zero attached hydrogens (tertiary/aromatic N) is 3. The van der Waals surface area contributed by atoms with Crippen LogP contribution in [0.1, 0.15) is 28.3 Å². The van der Waals surface area contributed by atoms with Gasteiger partial charge in [-0.15, -0.1) is 11.3 Å². The Morgan fingerprint density at radius 2 is 2.17 bits per heavy atom. The van der Waals surface area contributed by atoms with Gasteiger partial charge in [-0.2, -0.15) is 0 Å². The summed E-state index contributed by atoms with van der Waals surface area (Å²) in [6.45, 7) is 0. The van der Waals surface area contributed by atoms with E-state index in [9.17, 15) is 0 Å². The molecule has 0 aromatic carbocycles. The van der Waals surface area contributed by atoms with Crippen LogP contribution in [0.4, 0.5) is 0 Å². The van der Waals surface area contributed by atoms with Gasteiger partial charge < -0.3 is 5.21 Å². The van der Waals surface area contributed by atoms with E-state index in [0.29, 0.717) is 0 Å². The van der Waals surface area contributed by atoms with E-state index in [4.69, 9.17) is 5.21 Å². The van der Waals surface area contributed by atoms with Crippen molar-refractivity contribution in [2.45, 2.75) is 25.7 Å². The van der Waals surface area contributed by atoms with E-state index >= 15 is 0 Å². The molecule has 2 heterocycles. The molecule has 0 fully saturated rings. The van der Waals surface area contributed by atoms with Crippen molar-refractivity contribution >= 4 is 17.6 Å². The summed E-state index contributed by atoms with van der Waals surface area (Å²) in [6, 6.07) is 4.07. The topological polar surface area (TPSA) is 58.4 Å². The predicted molar refractivity (Wildman–Crippen MR) is 72.4 cm³/mol. The van der Waals surface area contributed by atoms with Gasteiger partial charge in [-0.05, 0) is 37.3 Å². The molecule has 0 saturated heterocycles. The van der Waals surface area contributed by atoms with Crippen LogP contribution in [-0.4, -0.2) is 21.4 Å². The van der Waals surface area contributed by atoms with Gasteiger partial charge in [-0.3, -0.25) is 4.98 Å². The molecule has 1 N–H and O–H groups in total. The van der Waals surface area contributed by atoms with Crippen LogP contribution < -0.4 is 0 Å². The summed E-state index contributed by atoms with van der Waals surface area (Å²) in [5, 5.41) is 12.5. The van der Waals surface area contributed by atoms with Crippen molar-refractivity contribution < 1.29 is 5.21 Å². The molecule has 0 unspecified atom stereocenters. The first-order chi connectivity index (χ1) is 8.88. The van der Waals surface area contributed by atoms with Crippen LogP contribution in [0.25, 0.3) is 0 Å². The largest absolute Gasteiger partial charge is 0.411 e. The molecule has 0 spiro atoms. The standard InChI is InChI=1S/C13H15N3OS/c17-16-10-12-9-15-13(18-12)6-2-1-4-11-5-3-7-14-8-11/h3,5,7-10,17H,1-2,4,6H2/b16-10+. The van der Waals surface area contributed by atoms with Gasteiger partial charge in [0.15, 0.2) is 0 Å². The fourth-order valence-electron chi connectivity index (χ4n) is 1.71. The van der Waals surface area contributed by atoms with Gasteiger partial charge in [0.05, 0.1) is 16.1 Å². The van der Waals surface area contributed by atoms with E-state index in [0.717, 1.165) is 35.6 Å². The molecule has 4 nitrogen and oxygen atoms in total. The summed E-state index contributed by atoms with van der Waals surface area (Å²) in [5.41, 5.74) is 1.28. The molecule has 0 bridgehead atoms. The normalized spacial score (nSPS) is 11.1. The lowest BCUT2D eigenvalue weighted by Crippen LogP contribution is -1.89. The van der Waals surface area contributed by atoms with Crippen LogP contribution >= 0.6 is 11.3 Å². The highest BCUT2D eigenvalue weighted by atomic mass is 32.1. The minimum absolute atomic E-state index is 0.889. The molecule has 5 heteroatoms. The SMILES string of the molecule is O/N=C/c1cnc(CCCCc2cccnc2)s1. The second-order valence-electron chi connectivity index (χ2n) is 3.97. The fourth-order valence-corrected chi connectivity index (χ4v) is 2.54. The van der Waals surface area contributed by atoms with Gasteiger partial charge in [0.2, 0.25) is 0 Å². The molecule has 2 aromatic rings. The smallest absolute Gasteiger partial charge is 0.0931 e. The van der Waals surface area contributed by atoms with E-state index in [2.05, 4.69) is 21.2 Å². The first kappa shape index (κ1) is 12.7. The quantitative estimate of drug-likeness (QED) is 0.376. The van der Waals surface area contributed by atoms with Crippen LogP contribution in [0.5, 0.6) is 0 Å². The Morgan fingerprint density at radius 1 is 1.28 bits per heavy atom. The molecule has 0 amide bonds. The van der Waals surface area contributed by atoms with Crippen LogP contribution in [-0.2, 0) is 12.8 Å². The summed E-state index contributed by atoms with van der Waals surface area (Å²) in [4.78, 5) is 9.27. The Hall–Kier alpha value is -1.75. The maximum Gasteiger partial charge on any atom is 0.0931 e. The number of aryl methyl sites for hydroxylation is 2. The number of hydrogen-bond donors (Lipinski definition) is 1. The number of rotatable bonds is 6. The summed E-state index contributed by atoms with van der Waals surface area (Å²) in [6.07, 6.45) is 11.1. The Bertz CT molecular complexity index is 496. The Labute approximate surface area is 110 Å². The van der Waals surface area contributed by atoms with Crippen molar-refractivity contribution in [3.05, 3.63) is 46.2 Å². The van der Waals surface area contributed by atoms with Gasteiger partial charge in [-0.1, -0.05) is 11.2 Å². The molecule has 0 aliphatic rings. The van der Waals surface area contributed by atoms with Gasteiger partial charge >= 0.3 is 0 Å². The molecule has 0 saturated carbocycles. The highest BCUT2D eigenvalue weighted by molar-refractivity contribution is 7.13. The Kier molecular flexibility index (Phi) is 4.84. The highest BCUT2D eigenvalue weighted by Gasteiger charge is 2.00. The first-order valence-corrected chi connectivity index (χ1v) is 6.71. The number of oxime groups is 1. The van der Waals surface area contributed by atoms with Crippen molar-refractivity contribution in [3.8, 4) is 0 Å². The van der Waals surface area contributed by atoms with Gasteiger partial charge in [0.25, 0.3) is 0 Å². The third kappa shape index (κ3) is 3.92. The number of pyridine rings is 1. The van der Waals surface area contributed by atoms with Crippen molar-refractivity contribution in [2.24, 2.45) is 5.16 Å². The number of thiazole rings is 1. The monoisotopic (exact) mass is 261 g/mol. The minimum Gasteiger partial charge on any atom is -0.411 e. The third-order valence-corrected chi connectivity index (χ3v) is 3.58. The second-order valence-corrected chi connectivity index (χ2v) is 5.12. The Morgan fingerprint density at radius 3 is 2.94 bits per heavy atom. The molecular weight excluding hydrogens is 246 g/mol. The lowest BCUT2D eigenvalue weighted by molar-refractivity contribution is 0.322. The van der Waals surface area contributed by atoms with E-state index in [1.165, 1.54) is 11.8 Å². The molecule has 0 aliphatic carbocycles. The highest BCUT2D eigenvalue weighted by Crippen LogP contribution is 2.14. The second kappa shape index (κ2) is 6.86. The maximum atomic E-state index is 8.41. The minimum atomic E-state index is 0.889. The zero-order valence-electron chi connectivity index (χ0n) is 9.99. The maximum absolute atomic E-state index is 8.41. The van der Waals surface area contributed by atoms with E-state index in [-0.39, 0.29) is 0 Å². The number of hydrogen-bond acceptors (Lipinski definition) is 5. The van der Waals surface area contributed by atoms with E-state index in [1.807, 2.05) is 12.3 Å². The molecule has 94 valence electrons. The van der Waals surface area contributed by atoms with Gasteiger partial charge in [0, 0.05) is 18.6 Å². The third-order valence-electron chi connectivity index (χ3n) is 2.59. The van der Waals surface area contributed by atoms with Crippen LogP contribution in [0.3, 0.4) is 0 Å². The summed E-state index contributed by atoms with van der Waals surface area (Å²) < 4.78 is 0. The fraction of sp³-hybridized carbons (Fsp3) is 0.308. The molecule has 0 radical (unpaired) electrons. The number of unbranched alkanes of at least 4 members (excludes halogenated alkanes) is 1. The van der Waals surface area contributed by atoms with E-state index in [1.54, 1.807) is 23.7 Å². The molecular formula is C13H15N3OS. The van der Waals surface area contributed by atoms with Gasteiger partial charge in [0.1, 0.15) is 0 Å². The van der Waals surface area contributed by atoms with Crippen molar-refractivity contribution in [2.75, 3.05) is 0 Å². The lowest BCUT2D eigenvalue weighted by Gasteiger charge is -1.99. The van der Waals surface area contributed by atoms with Crippen molar-refractivity contribution in [3.63, 3.8) is 0 Å². The van der Waals surface area contributed by atoms with Crippen molar-refractivity contribution in [1.82, 2.24) is 9.97 Å². The average molecular weight is 261 g/mol. The van der Waals surface area contributed by atoms with Crippen LogP contribution in [0, 0.1) is 0 Å². The van der Waals surface area contributed by atoms with E-state index < -0.39 is 0 Å². The van der Waals surface area contributed by atoms with Crippen molar-refractivity contribution in [1.29, 1.82) is 0 Å². The Balaban J connectivity index is 1.72. The molecule has 2 rings (SSSR count). The van der Waals surface area contributed by atoms with Crippen LogP contribution in [0.15, 0.2) is 35.9 Å². The molecule has 0 aliphatic heterocycles. The molecule has 2 aromatic heterocycles. The first-order valence-electron chi connectivity index (χ1n) is 5.89. The predicted octanol–water partition coefficient (Wildman–Crippen LogP) is 2.91. The van der Waals surface area contributed by atoms with Gasteiger partial charge in [-0.25, -0.2) is 4.98 Å². The number of aromatic nitrogens is 2. The lowest BCUT2D eigenvalue weighted by atomic mass is 10.1.